The molecule has 0 radical (unpaired) electrons. The lowest BCUT2D eigenvalue weighted by atomic mass is 9.66. The molecule has 3 rings (SSSR count). The molecular formula is C26H40F3N5O4. The van der Waals surface area contributed by atoms with Crippen molar-refractivity contribution in [1.29, 1.82) is 0 Å². The van der Waals surface area contributed by atoms with Gasteiger partial charge >= 0.3 is 24.2 Å². The van der Waals surface area contributed by atoms with Crippen molar-refractivity contribution in [2.75, 3.05) is 52.1 Å². The maximum absolute atomic E-state index is 13.3. The molecule has 2 aliphatic rings. The van der Waals surface area contributed by atoms with Gasteiger partial charge in [-0.1, -0.05) is 32.0 Å². The summed E-state index contributed by atoms with van der Waals surface area (Å²) in [4.78, 5) is 40.5. The van der Waals surface area contributed by atoms with Gasteiger partial charge in [0.15, 0.2) is 0 Å². The first-order valence-corrected chi connectivity index (χ1v) is 12.9. The number of carbonyl (C=O) groups excluding carboxylic acids is 2. The zero-order chi connectivity index (χ0) is 28.5. The Morgan fingerprint density at radius 3 is 2.16 bits per heavy atom. The number of amides is 4. The summed E-state index contributed by atoms with van der Waals surface area (Å²) in [6.07, 6.45) is -0.834. The highest BCUT2D eigenvalue weighted by molar-refractivity contribution is 5.89. The third kappa shape index (κ3) is 9.07. The number of carbonyl (C=O) groups is 3. The van der Waals surface area contributed by atoms with Gasteiger partial charge in [-0.3, -0.25) is 0 Å². The number of rotatable bonds is 5. The predicted molar refractivity (Wildman–Crippen MR) is 139 cm³/mol. The first-order valence-electron chi connectivity index (χ1n) is 12.9. The Hall–Kier alpha value is -3.02. The number of anilines is 1. The molecule has 214 valence electrons. The molecule has 2 heterocycles. The number of urea groups is 2. The van der Waals surface area contributed by atoms with Gasteiger partial charge in [-0.05, 0) is 62.2 Å². The molecule has 1 unspecified atom stereocenters. The molecule has 4 amide bonds. The van der Waals surface area contributed by atoms with E-state index in [0.717, 1.165) is 57.5 Å². The molecule has 2 aliphatic heterocycles. The van der Waals surface area contributed by atoms with E-state index in [0.29, 0.717) is 12.5 Å². The Morgan fingerprint density at radius 1 is 1.08 bits per heavy atom. The standard InChI is InChI=1S/C24H39N5O2.C2HF3O2/c1-19(2)18-28-15-12-24(13-16-28)11-8-14-29(21(24)17-25-22(30)27(3)4)23(31)26-20-9-6-5-7-10-20;3-2(4,5)1(6)7/h5-7,9-10,19,21H,8,11-18H2,1-4H3,(H,25,30)(H,26,31);(H,6,7). The van der Waals surface area contributed by atoms with E-state index >= 15 is 0 Å². The number of likely N-dealkylation sites (tertiary alicyclic amines) is 2. The van der Waals surface area contributed by atoms with E-state index in [1.807, 2.05) is 35.2 Å². The molecular weight excluding hydrogens is 503 g/mol. The maximum Gasteiger partial charge on any atom is 0.490 e. The largest absolute Gasteiger partial charge is 0.490 e. The van der Waals surface area contributed by atoms with E-state index in [9.17, 15) is 22.8 Å². The maximum atomic E-state index is 13.3. The molecule has 3 N–H and O–H groups in total. The van der Waals surface area contributed by atoms with E-state index in [-0.39, 0.29) is 23.5 Å². The van der Waals surface area contributed by atoms with Gasteiger partial charge < -0.3 is 30.4 Å². The molecule has 38 heavy (non-hydrogen) atoms. The molecule has 12 heteroatoms. The number of carboxylic acids is 1. The van der Waals surface area contributed by atoms with Crippen LogP contribution < -0.4 is 10.6 Å². The fraction of sp³-hybridized carbons (Fsp3) is 0.654. The van der Waals surface area contributed by atoms with Crippen molar-refractivity contribution in [3.63, 3.8) is 0 Å². The number of nitrogens with zero attached hydrogens (tertiary/aromatic N) is 3. The van der Waals surface area contributed by atoms with Gasteiger partial charge in [-0.2, -0.15) is 13.2 Å². The fourth-order valence-electron chi connectivity index (χ4n) is 5.16. The highest BCUT2D eigenvalue weighted by atomic mass is 19.4. The van der Waals surface area contributed by atoms with Gasteiger partial charge in [-0.25, -0.2) is 14.4 Å². The third-order valence-corrected chi connectivity index (χ3v) is 7.01. The average Bonchev–Trinajstić information content (AvgIpc) is 2.84. The molecule has 1 aromatic carbocycles. The lowest BCUT2D eigenvalue weighted by molar-refractivity contribution is -0.192. The van der Waals surface area contributed by atoms with Crippen molar-refractivity contribution in [2.24, 2.45) is 11.3 Å². The smallest absolute Gasteiger partial charge is 0.475 e. The number of alkyl halides is 3. The molecule has 0 aromatic heterocycles. The molecule has 1 atom stereocenters. The van der Waals surface area contributed by atoms with Crippen LogP contribution in [0.5, 0.6) is 0 Å². The highest BCUT2D eigenvalue weighted by Crippen LogP contribution is 2.44. The number of nitrogens with one attached hydrogen (secondary N) is 2. The van der Waals surface area contributed by atoms with Gasteiger partial charge in [0.25, 0.3) is 0 Å². The highest BCUT2D eigenvalue weighted by Gasteiger charge is 2.47. The summed E-state index contributed by atoms with van der Waals surface area (Å²) in [5, 5.41) is 13.3. The van der Waals surface area contributed by atoms with E-state index in [2.05, 4.69) is 29.4 Å². The number of halogens is 3. The number of hydrogen-bond acceptors (Lipinski definition) is 4. The van der Waals surface area contributed by atoms with Gasteiger partial charge in [0, 0.05) is 39.4 Å². The number of para-hydroxylation sites is 1. The molecule has 0 saturated carbocycles. The summed E-state index contributed by atoms with van der Waals surface area (Å²) in [6.45, 7) is 8.98. The first kappa shape index (κ1) is 31.2. The lowest BCUT2D eigenvalue weighted by Crippen LogP contribution is -2.62. The van der Waals surface area contributed by atoms with Gasteiger partial charge in [0.2, 0.25) is 0 Å². The first-order chi connectivity index (χ1) is 17.7. The monoisotopic (exact) mass is 543 g/mol. The molecule has 1 spiro atoms. The number of carboxylic acid groups (broad SMARTS) is 1. The van der Waals surface area contributed by atoms with E-state index in [1.54, 1.807) is 19.0 Å². The Labute approximate surface area is 222 Å². The molecule has 9 nitrogen and oxygen atoms in total. The van der Waals surface area contributed by atoms with Crippen molar-refractivity contribution in [1.82, 2.24) is 20.0 Å². The molecule has 0 bridgehead atoms. The van der Waals surface area contributed by atoms with Crippen LogP contribution in [-0.4, -0.2) is 96.9 Å². The minimum Gasteiger partial charge on any atom is -0.475 e. The van der Waals surface area contributed by atoms with Crippen LogP contribution in [-0.2, 0) is 4.79 Å². The Balaban J connectivity index is 0.000000638. The van der Waals surface area contributed by atoms with Crippen LogP contribution in [0.15, 0.2) is 30.3 Å². The summed E-state index contributed by atoms with van der Waals surface area (Å²) in [6, 6.07) is 9.42. The van der Waals surface area contributed by atoms with Crippen LogP contribution in [0, 0.1) is 11.3 Å². The van der Waals surface area contributed by atoms with Crippen LogP contribution in [0.4, 0.5) is 28.4 Å². The minimum atomic E-state index is -5.08. The summed E-state index contributed by atoms with van der Waals surface area (Å²) in [7, 11) is 3.49. The van der Waals surface area contributed by atoms with Crippen LogP contribution in [0.2, 0.25) is 0 Å². The van der Waals surface area contributed by atoms with E-state index in [1.165, 1.54) is 0 Å². The fourth-order valence-corrected chi connectivity index (χ4v) is 5.16. The Bertz CT molecular complexity index is 919. The summed E-state index contributed by atoms with van der Waals surface area (Å²) >= 11 is 0. The zero-order valence-corrected chi connectivity index (χ0v) is 22.6. The number of benzene rings is 1. The Morgan fingerprint density at radius 2 is 1.66 bits per heavy atom. The van der Waals surface area contributed by atoms with Crippen molar-refractivity contribution < 1.29 is 32.7 Å². The van der Waals surface area contributed by atoms with Gasteiger partial charge in [0.1, 0.15) is 0 Å². The molecule has 0 aliphatic carbocycles. The van der Waals surface area contributed by atoms with E-state index in [4.69, 9.17) is 9.90 Å². The molecule has 2 saturated heterocycles. The second kappa shape index (κ2) is 13.7. The van der Waals surface area contributed by atoms with Crippen LogP contribution in [0.25, 0.3) is 0 Å². The zero-order valence-electron chi connectivity index (χ0n) is 22.6. The second-order valence-electron chi connectivity index (χ2n) is 10.5. The second-order valence-corrected chi connectivity index (χ2v) is 10.5. The molecule has 2 fully saturated rings. The average molecular weight is 544 g/mol. The van der Waals surface area contributed by atoms with Gasteiger partial charge in [-0.15, -0.1) is 0 Å². The summed E-state index contributed by atoms with van der Waals surface area (Å²) in [5.41, 5.74) is 0.856. The SMILES string of the molecule is CC(C)CN1CCC2(CCCN(C(=O)Nc3ccccc3)C2CNC(=O)N(C)C)CC1.O=C(O)C(F)(F)F. The van der Waals surface area contributed by atoms with Crippen molar-refractivity contribution in [2.45, 2.75) is 51.7 Å². The summed E-state index contributed by atoms with van der Waals surface area (Å²) in [5.74, 6) is -2.10. The molecule has 1 aromatic rings. The minimum absolute atomic E-state index is 0.00457. The number of aliphatic carboxylic acids is 1. The number of piperidine rings is 2. The van der Waals surface area contributed by atoms with Crippen molar-refractivity contribution in [3.8, 4) is 0 Å². The number of hydrogen-bond donors (Lipinski definition) is 3. The van der Waals surface area contributed by atoms with Crippen molar-refractivity contribution >= 4 is 23.7 Å². The quantitative estimate of drug-likeness (QED) is 0.513. The van der Waals surface area contributed by atoms with Crippen molar-refractivity contribution in [3.05, 3.63) is 30.3 Å². The predicted octanol–water partition coefficient (Wildman–Crippen LogP) is 4.33. The van der Waals surface area contributed by atoms with Crippen LogP contribution >= 0.6 is 0 Å². The third-order valence-electron chi connectivity index (χ3n) is 7.01. The van der Waals surface area contributed by atoms with E-state index < -0.39 is 12.1 Å². The van der Waals surface area contributed by atoms with Crippen LogP contribution in [0.3, 0.4) is 0 Å². The Kier molecular flexibility index (Phi) is 11.2. The summed E-state index contributed by atoms with van der Waals surface area (Å²) < 4.78 is 31.7. The lowest BCUT2D eigenvalue weighted by Gasteiger charge is -2.53. The van der Waals surface area contributed by atoms with Crippen LogP contribution in [0.1, 0.15) is 39.5 Å². The van der Waals surface area contributed by atoms with Gasteiger partial charge in [0.05, 0.1) is 6.04 Å². The normalized spacial score (nSPS) is 19.4. The topological polar surface area (TPSA) is 105 Å².